The highest BCUT2D eigenvalue weighted by Gasteiger charge is 2.33. The second-order valence-electron chi connectivity index (χ2n) is 7.26. The fraction of sp³-hybridized carbons (Fsp3) is 0.333. The Bertz CT molecular complexity index is 1080. The van der Waals surface area contributed by atoms with Gasteiger partial charge in [0.15, 0.2) is 15.0 Å². The van der Waals surface area contributed by atoms with Gasteiger partial charge in [0, 0.05) is 13.0 Å². The molecule has 2 aromatic carbocycles. The number of rotatable bonds is 5. The van der Waals surface area contributed by atoms with Crippen molar-refractivity contribution in [3.63, 3.8) is 0 Å². The van der Waals surface area contributed by atoms with Crippen LogP contribution < -0.4 is 0 Å². The van der Waals surface area contributed by atoms with Gasteiger partial charge in [-0.15, -0.1) is 10.2 Å². The minimum Gasteiger partial charge on any atom is -0.309 e. The summed E-state index contributed by atoms with van der Waals surface area (Å²) in [4.78, 5) is 0. The van der Waals surface area contributed by atoms with Crippen molar-refractivity contribution in [2.45, 2.75) is 29.7 Å². The van der Waals surface area contributed by atoms with Gasteiger partial charge in [0.1, 0.15) is 5.82 Å². The first-order chi connectivity index (χ1) is 13.4. The molecule has 5 nitrogen and oxygen atoms in total. The highest BCUT2D eigenvalue weighted by atomic mass is 32.2. The topological polar surface area (TPSA) is 64.8 Å². The van der Waals surface area contributed by atoms with Crippen molar-refractivity contribution in [1.29, 1.82) is 0 Å². The van der Waals surface area contributed by atoms with Crippen LogP contribution in [-0.2, 0) is 16.9 Å². The van der Waals surface area contributed by atoms with E-state index in [9.17, 15) is 8.42 Å². The Balaban J connectivity index is 1.68. The zero-order chi connectivity index (χ0) is 19.7. The van der Waals surface area contributed by atoms with Crippen LogP contribution in [0.15, 0.2) is 59.8 Å². The van der Waals surface area contributed by atoms with Crippen molar-refractivity contribution in [2.75, 3.05) is 11.5 Å². The summed E-state index contributed by atoms with van der Waals surface area (Å²) in [6.45, 7) is 2.12. The van der Waals surface area contributed by atoms with Gasteiger partial charge in [-0.1, -0.05) is 66.4 Å². The van der Waals surface area contributed by atoms with E-state index in [-0.39, 0.29) is 22.7 Å². The van der Waals surface area contributed by atoms with E-state index in [4.69, 9.17) is 0 Å². The molecule has 2 atom stereocenters. The van der Waals surface area contributed by atoms with Gasteiger partial charge in [-0.3, -0.25) is 0 Å². The van der Waals surface area contributed by atoms with E-state index < -0.39 is 9.84 Å². The molecule has 1 saturated heterocycles. The van der Waals surface area contributed by atoms with Gasteiger partial charge in [0.25, 0.3) is 0 Å². The third kappa shape index (κ3) is 3.86. The van der Waals surface area contributed by atoms with Gasteiger partial charge in [-0.25, -0.2) is 8.42 Å². The quantitative estimate of drug-likeness (QED) is 0.594. The first-order valence-corrected chi connectivity index (χ1v) is 12.0. The number of benzene rings is 2. The van der Waals surface area contributed by atoms with Crippen molar-refractivity contribution in [1.82, 2.24) is 14.8 Å². The lowest BCUT2D eigenvalue weighted by Gasteiger charge is -2.19. The molecular weight excluding hydrogens is 390 g/mol. The van der Waals surface area contributed by atoms with Crippen LogP contribution in [0.4, 0.5) is 0 Å². The number of aryl methyl sites for hydroxylation is 1. The Morgan fingerprint density at radius 2 is 1.79 bits per heavy atom. The third-order valence-electron chi connectivity index (χ3n) is 5.26. The first kappa shape index (κ1) is 19.2. The van der Waals surface area contributed by atoms with Crippen molar-refractivity contribution < 1.29 is 8.42 Å². The van der Waals surface area contributed by atoms with E-state index in [0.717, 1.165) is 11.0 Å². The van der Waals surface area contributed by atoms with Gasteiger partial charge in [-0.2, -0.15) is 0 Å². The molecule has 0 spiro atoms. The molecule has 1 fully saturated rings. The van der Waals surface area contributed by atoms with E-state index in [2.05, 4.69) is 47.5 Å². The van der Waals surface area contributed by atoms with Crippen LogP contribution in [0.2, 0.25) is 0 Å². The van der Waals surface area contributed by atoms with Gasteiger partial charge in [-0.05, 0) is 30.0 Å². The largest absolute Gasteiger partial charge is 0.309 e. The maximum absolute atomic E-state index is 11.9. The van der Waals surface area contributed by atoms with Crippen LogP contribution in [0.25, 0.3) is 0 Å². The maximum Gasteiger partial charge on any atom is 0.191 e. The summed E-state index contributed by atoms with van der Waals surface area (Å²) in [7, 11) is -1.02. The summed E-state index contributed by atoms with van der Waals surface area (Å²) in [5.74, 6) is 1.11. The lowest BCUT2D eigenvalue weighted by molar-refractivity contribution is 0.599. The molecular formula is C21H23N3O2S2. The van der Waals surface area contributed by atoms with Crippen LogP contribution in [0.3, 0.4) is 0 Å². The molecule has 3 aromatic rings. The highest BCUT2D eigenvalue weighted by Crippen LogP contribution is 2.41. The van der Waals surface area contributed by atoms with Crippen molar-refractivity contribution in [3.8, 4) is 0 Å². The molecule has 7 heteroatoms. The molecule has 28 heavy (non-hydrogen) atoms. The van der Waals surface area contributed by atoms with Crippen LogP contribution in [0.5, 0.6) is 0 Å². The molecule has 0 aliphatic carbocycles. The molecule has 1 aliphatic rings. The fourth-order valence-electron chi connectivity index (χ4n) is 3.71. The van der Waals surface area contributed by atoms with Crippen molar-refractivity contribution in [3.05, 3.63) is 77.1 Å². The van der Waals surface area contributed by atoms with Crippen LogP contribution in [0, 0.1) is 6.92 Å². The van der Waals surface area contributed by atoms with Gasteiger partial charge in [0.2, 0.25) is 0 Å². The lowest BCUT2D eigenvalue weighted by Crippen LogP contribution is -2.09. The maximum atomic E-state index is 11.9. The molecule has 0 radical (unpaired) electrons. The SMILES string of the molecule is Cc1ccccc1[C@@H](Sc1nnc([C@H]2CCS(=O)(=O)C2)n1C)c1ccccc1. The van der Waals surface area contributed by atoms with E-state index >= 15 is 0 Å². The Labute approximate surface area is 170 Å². The minimum absolute atomic E-state index is 0.0644. The van der Waals surface area contributed by atoms with E-state index in [1.165, 1.54) is 16.7 Å². The third-order valence-corrected chi connectivity index (χ3v) is 8.36. The number of hydrogen-bond donors (Lipinski definition) is 0. The summed E-state index contributed by atoms with van der Waals surface area (Å²) in [5, 5.41) is 9.65. The smallest absolute Gasteiger partial charge is 0.191 e. The minimum atomic E-state index is -2.95. The predicted molar refractivity (Wildman–Crippen MR) is 112 cm³/mol. The number of hydrogen-bond acceptors (Lipinski definition) is 5. The van der Waals surface area contributed by atoms with Crippen molar-refractivity contribution >= 4 is 21.6 Å². The van der Waals surface area contributed by atoms with E-state index in [1.807, 2.05) is 35.9 Å². The van der Waals surface area contributed by atoms with Gasteiger partial charge in [0.05, 0.1) is 16.8 Å². The predicted octanol–water partition coefficient (Wildman–Crippen LogP) is 3.91. The zero-order valence-corrected chi connectivity index (χ0v) is 17.6. The second kappa shape index (κ2) is 7.72. The monoisotopic (exact) mass is 413 g/mol. The molecule has 1 aliphatic heterocycles. The highest BCUT2D eigenvalue weighted by molar-refractivity contribution is 7.99. The number of aromatic nitrogens is 3. The second-order valence-corrected chi connectivity index (χ2v) is 10.6. The summed E-state index contributed by atoms with van der Waals surface area (Å²) in [6, 6.07) is 18.8. The summed E-state index contributed by atoms with van der Waals surface area (Å²) >= 11 is 1.66. The van der Waals surface area contributed by atoms with Gasteiger partial charge < -0.3 is 4.57 Å². The first-order valence-electron chi connectivity index (χ1n) is 9.31. The molecule has 1 aromatic heterocycles. The number of nitrogens with zero attached hydrogens (tertiary/aromatic N) is 3. The zero-order valence-electron chi connectivity index (χ0n) is 15.9. The summed E-state index contributed by atoms with van der Waals surface area (Å²) < 4.78 is 25.7. The molecule has 4 rings (SSSR count). The van der Waals surface area contributed by atoms with E-state index in [1.54, 1.807) is 11.8 Å². The lowest BCUT2D eigenvalue weighted by atomic mass is 10.0. The molecule has 0 N–H and O–H groups in total. The molecule has 2 heterocycles. The summed E-state index contributed by atoms with van der Waals surface area (Å²) in [5.41, 5.74) is 3.68. The standard InChI is InChI=1S/C21H23N3O2S2/c1-15-8-6-7-11-18(15)19(16-9-4-3-5-10-16)27-21-23-22-20(24(21)2)17-12-13-28(25,26)14-17/h3-11,17,19H,12-14H2,1-2H3/t17-,19-/m0/s1. The van der Waals surface area contributed by atoms with E-state index in [0.29, 0.717) is 6.42 Å². The average Bonchev–Trinajstić information content (AvgIpc) is 3.23. The Hall–Kier alpha value is -2.12. The Kier molecular flexibility index (Phi) is 5.29. The number of sulfone groups is 1. The van der Waals surface area contributed by atoms with Gasteiger partial charge >= 0.3 is 0 Å². The van der Waals surface area contributed by atoms with Crippen LogP contribution in [-0.4, -0.2) is 34.7 Å². The number of thioether (sulfide) groups is 1. The fourth-order valence-corrected chi connectivity index (χ4v) is 6.68. The van der Waals surface area contributed by atoms with Crippen LogP contribution in [0.1, 0.15) is 40.1 Å². The Morgan fingerprint density at radius 3 is 2.46 bits per heavy atom. The molecule has 0 saturated carbocycles. The average molecular weight is 414 g/mol. The molecule has 0 amide bonds. The Morgan fingerprint density at radius 1 is 1.07 bits per heavy atom. The normalized spacial score (nSPS) is 19.6. The molecule has 146 valence electrons. The molecule has 0 bridgehead atoms. The summed E-state index contributed by atoms with van der Waals surface area (Å²) in [6.07, 6.45) is 0.624. The van der Waals surface area contributed by atoms with Crippen LogP contribution >= 0.6 is 11.8 Å². The molecule has 0 unspecified atom stereocenters. The van der Waals surface area contributed by atoms with Crippen molar-refractivity contribution in [2.24, 2.45) is 7.05 Å².